The van der Waals surface area contributed by atoms with Gasteiger partial charge in [-0.05, 0) is 61.2 Å². The summed E-state index contributed by atoms with van der Waals surface area (Å²) in [7, 11) is 0. The first-order valence-electron chi connectivity index (χ1n) is 11.1. The van der Waals surface area contributed by atoms with E-state index in [1.54, 1.807) is 30.3 Å². The molecule has 1 atom stereocenters. The molecule has 1 aliphatic carbocycles. The predicted molar refractivity (Wildman–Crippen MR) is 123 cm³/mol. The topological polar surface area (TPSA) is 97.8 Å². The van der Waals surface area contributed by atoms with Crippen LogP contribution in [0.2, 0.25) is 0 Å². The number of aromatic nitrogens is 1. The fourth-order valence-electron chi connectivity index (χ4n) is 4.31. The molecule has 1 unspecified atom stereocenters. The van der Waals surface area contributed by atoms with Crippen LogP contribution in [0.3, 0.4) is 0 Å². The van der Waals surface area contributed by atoms with Gasteiger partial charge in [0.2, 0.25) is 12.6 Å². The van der Waals surface area contributed by atoms with E-state index in [4.69, 9.17) is 9.47 Å². The molecule has 7 nitrogen and oxygen atoms in total. The quantitative estimate of drug-likeness (QED) is 0.484. The summed E-state index contributed by atoms with van der Waals surface area (Å²) in [5.74, 6) is -0.692. The van der Waals surface area contributed by atoms with Gasteiger partial charge in [-0.2, -0.15) is 4.39 Å². The summed E-state index contributed by atoms with van der Waals surface area (Å²) in [5, 5.41) is 12.1. The Morgan fingerprint density at radius 1 is 1.09 bits per heavy atom. The Morgan fingerprint density at radius 3 is 2.57 bits per heavy atom. The predicted octanol–water partition coefficient (Wildman–Crippen LogP) is 5.18. The highest BCUT2D eigenvalue weighted by molar-refractivity contribution is 5.92. The van der Waals surface area contributed by atoms with Gasteiger partial charge in [-0.25, -0.2) is 14.2 Å². The lowest BCUT2D eigenvalue weighted by atomic mass is 9.91. The van der Waals surface area contributed by atoms with E-state index in [-0.39, 0.29) is 29.4 Å². The maximum Gasteiger partial charge on any atom is 0.437 e. The molecule has 2 N–H and O–H groups in total. The second-order valence-corrected chi connectivity index (χ2v) is 8.91. The highest BCUT2D eigenvalue weighted by atomic mass is 19.2. The molecule has 35 heavy (non-hydrogen) atoms. The molecular weight excluding hydrogens is 458 g/mol. The van der Waals surface area contributed by atoms with Crippen LogP contribution in [0.25, 0.3) is 11.3 Å². The average Bonchev–Trinajstić information content (AvgIpc) is 3.53. The SMILES string of the molecule is Cc1ccc(NC(=O)CC2(c3ccc4c(c3)OC(F)(CF)O4)CC2)nc1-c1cccc(C(=O)O)c1. The first-order chi connectivity index (χ1) is 16.7. The van der Waals surface area contributed by atoms with Crippen LogP contribution in [0.5, 0.6) is 11.5 Å². The Kier molecular flexibility index (Phi) is 5.42. The average molecular weight is 480 g/mol. The molecule has 3 aromatic rings. The summed E-state index contributed by atoms with van der Waals surface area (Å²) in [6.45, 7) is 0.423. The minimum atomic E-state index is -2.81. The standard InChI is InChI=1S/C26H22F2N2O5/c1-15-5-8-21(30-23(15)16-3-2-4-17(11-16)24(32)33)29-22(31)13-25(9-10-25)18-6-7-19-20(12-18)35-26(28,14-27)34-19/h2-8,11-12H,9-10,13-14H2,1H3,(H,32,33)(H,29,30,31). The van der Waals surface area contributed by atoms with Crippen molar-refractivity contribution in [1.82, 2.24) is 4.98 Å². The van der Waals surface area contributed by atoms with Crippen LogP contribution in [0, 0.1) is 6.92 Å². The molecule has 2 aromatic carbocycles. The molecule has 0 spiro atoms. The van der Waals surface area contributed by atoms with Crippen LogP contribution < -0.4 is 14.8 Å². The Labute approximate surface area is 199 Å². The van der Waals surface area contributed by atoms with Crippen molar-refractivity contribution in [3.05, 3.63) is 71.3 Å². The van der Waals surface area contributed by atoms with Gasteiger partial charge in [0, 0.05) is 17.4 Å². The van der Waals surface area contributed by atoms with E-state index in [1.807, 2.05) is 13.0 Å². The van der Waals surface area contributed by atoms with Gasteiger partial charge in [0.1, 0.15) is 5.82 Å². The number of alkyl halides is 2. The van der Waals surface area contributed by atoms with Crippen molar-refractivity contribution in [2.75, 3.05) is 12.0 Å². The third-order valence-corrected chi connectivity index (χ3v) is 6.34. The van der Waals surface area contributed by atoms with Gasteiger partial charge in [-0.15, -0.1) is 0 Å². The number of carbonyl (C=O) groups excluding carboxylic acids is 1. The number of hydrogen-bond donors (Lipinski definition) is 2. The molecule has 9 heteroatoms. The number of carboxylic acids is 1. The summed E-state index contributed by atoms with van der Waals surface area (Å²) in [6, 6.07) is 12.0. The molecular formula is C26H22F2N2O5. The largest absolute Gasteiger partial charge is 0.478 e. The Hall–Kier alpha value is -4.01. The maximum absolute atomic E-state index is 14.1. The number of halogens is 2. The Bertz CT molecular complexity index is 1340. The van der Waals surface area contributed by atoms with Gasteiger partial charge in [-0.3, -0.25) is 4.79 Å². The van der Waals surface area contributed by atoms with Gasteiger partial charge >= 0.3 is 12.0 Å². The monoisotopic (exact) mass is 480 g/mol. The number of ether oxygens (including phenoxy) is 2. The van der Waals surface area contributed by atoms with Gasteiger partial charge in [0.05, 0.1) is 11.3 Å². The van der Waals surface area contributed by atoms with Crippen LogP contribution in [0.1, 0.15) is 40.7 Å². The first kappa shape index (κ1) is 22.8. The van der Waals surface area contributed by atoms with Gasteiger partial charge in [-0.1, -0.05) is 24.3 Å². The molecule has 1 fully saturated rings. The number of carboxylic acid groups (broad SMARTS) is 1. The zero-order valence-electron chi connectivity index (χ0n) is 18.8. The molecule has 1 aliphatic heterocycles. The van der Waals surface area contributed by atoms with Crippen molar-refractivity contribution >= 4 is 17.7 Å². The molecule has 0 saturated heterocycles. The number of fused-ring (bicyclic) bond motifs is 1. The molecule has 1 saturated carbocycles. The summed E-state index contributed by atoms with van der Waals surface area (Å²) in [4.78, 5) is 28.8. The van der Waals surface area contributed by atoms with Gasteiger partial charge in [0.15, 0.2) is 11.5 Å². The number of aryl methyl sites for hydroxylation is 1. The van der Waals surface area contributed by atoms with E-state index in [1.165, 1.54) is 18.2 Å². The third kappa shape index (κ3) is 4.41. The second-order valence-electron chi connectivity index (χ2n) is 8.91. The van der Waals surface area contributed by atoms with Crippen LogP contribution in [0.15, 0.2) is 54.6 Å². The van der Waals surface area contributed by atoms with Crippen molar-refractivity contribution in [3.8, 4) is 22.8 Å². The Balaban J connectivity index is 1.32. The smallest absolute Gasteiger partial charge is 0.437 e. The number of pyridine rings is 1. The molecule has 0 bridgehead atoms. The van der Waals surface area contributed by atoms with E-state index in [9.17, 15) is 23.5 Å². The number of carbonyl (C=O) groups is 2. The highest BCUT2D eigenvalue weighted by Crippen LogP contribution is 2.53. The Morgan fingerprint density at radius 2 is 1.86 bits per heavy atom. The van der Waals surface area contributed by atoms with Crippen molar-refractivity contribution in [3.63, 3.8) is 0 Å². The third-order valence-electron chi connectivity index (χ3n) is 6.34. The number of benzene rings is 2. The number of anilines is 1. The molecule has 5 rings (SSSR count). The van der Waals surface area contributed by atoms with Gasteiger partial charge in [0.25, 0.3) is 0 Å². The zero-order valence-corrected chi connectivity index (χ0v) is 18.8. The minimum Gasteiger partial charge on any atom is -0.478 e. The van der Waals surface area contributed by atoms with Crippen molar-refractivity contribution in [2.45, 2.75) is 37.6 Å². The van der Waals surface area contributed by atoms with Gasteiger partial charge < -0.3 is 19.9 Å². The molecule has 1 amide bonds. The number of nitrogens with zero attached hydrogens (tertiary/aromatic N) is 1. The van der Waals surface area contributed by atoms with E-state index >= 15 is 0 Å². The lowest BCUT2D eigenvalue weighted by Crippen LogP contribution is -2.35. The zero-order chi connectivity index (χ0) is 24.8. The van der Waals surface area contributed by atoms with E-state index in [2.05, 4.69) is 10.3 Å². The van der Waals surface area contributed by atoms with E-state index in [0.29, 0.717) is 17.1 Å². The fourth-order valence-corrected chi connectivity index (χ4v) is 4.31. The fraction of sp³-hybridized carbons (Fsp3) is 0.269. The van der Waals surface area contributed by atoms with E-state index < -0.39 is 24.1 Å². The lowest BCUT2D eigenvalue weighted by Gasteiger charge is -2.16. The molecule has 1 aromatic heterocycles. The summed E-state index contributed by atoms with van der Waals surface area (Å²) in [6.07, 6.45) is 1.70. The molecule has 0 radical (unpaired) electrons. The highest BCUT2D eigenvalue weighted by Gasteiger charge is 2.48. The molecule has 2 aliphatic rings. The van der Waals surface area contributed by atoms with Crippen LogP contribution in [-0.2, 0) is 10.2 Å². The number of rotatable bonds is 7. The van der Waals surface area contributed by atoms with Crippen molar-refractivity contribution < 1.29 is 33.0 Å². The molecule has 2 heterocycles. The van der Waals surface area contributed by atoms with Crippen LogP contribution in [0.4, 0.5) is 14.6 Å². The second kappa shape index (κ2) is 8.33. The maximum atomic E-state index is 14.1. The number of hydrogen-bond acceptors (Lipinski definition) is 5. The van der Waals surface area contributed by atoms with Crippen molar-refractivity contribution in [1.29, 1.82) is 0 Å². The number of amides is 1. The normalized spacial score (nSPS) is 19.3. The number of nitrogens with one attached hydrogen (secondary N) is 1. The minimum absolute atomic E-state index is 0.114. The van der Waals surface area contributed by atoms with Crippen molar-refractivity contribution in [2.24, 2.45) is 0 Å². The number of aromatic carboxylic acids is 1. The first-order valence-corrected chi connectivity index (χ1v) is 11.1. The van der Waals surface area contributed by atoms with E-state index in [0.717, 1.165) is 24.0 Å². The summed E-state index contributed by atoms with van der Waals surface area (Å²) in [5.41, 5.74) is 2.56. The summed E-state index contributed by atoms with van der Waals surface area (Å²) < 4.78 is 36.8. The van der Waals surface area contributed by atoms with Crippen LogP contribution in [-0.4, -0.2) is 34.7 Å². The summed E-state index contributed by atoms with van der Waals surface area (Å²) >= 11 is 0. The lowest BCUT2D eigenvalue weighted by molar-refractivity contribution is -0.199. The molecule has 180 valence electrons. The van der Waals surface area contributed by atoms with Crippen LogP contribution >= 0.6 is 0 Å².